The van der Waals surface area contributed by atoms with Crippen LogP contribution in [0, 0.1) is 0 Å². The van der Waals surface area contributed by atoms with Gasteiger partial charge in [-0.25, -0.2) is 0 Å². The SMILES string of the molecule is C/C(CCc1ccc(OCC(C)(C)O)cc1)=N\O. The Labute approximate surface area is 108 Å². The van der Waals surface area contributed by atoms with Crippen LogP contribution in [0.3, 0.4) is 0 Å². The van der Waals surface area contributed by atoms with Crippen molar-refractivity contribution in [2.24, 2.45) is 5.16 Å². The van der Waals surface area contributed by atoms with Gasteiger partial charge in [0.05, 0.1) is 11.3 Å². The first kappa shape index (κ1) is 14.5. The van der Waals surface area contributed by atoms with Gasteiger partial charge in [0, 0.05) is 0 Å². The topological polar surface area (TPSA) is 62.0 Å². The molecule has 4 nitrogen and oxygen atoms in total. The first-order chi connectivity index (χ1) is 8.40. The highest BCUT2D eigenvalue weighted by Gasteiger charge is 2.13. The average Bonchev–Trinajstić information content (AvgIpc) is 2.33. The molecular weight excluding hydrogens is 230 g/mol. The van der Waals surface area contributed by atoms with E-state index in [-0.39, 0.29) is 6.61 Å². The quantitative estimate of drug-likeness (QED) is 0.464. The highest BCUT2D eigenvalue weighted by atomic mass is 16.5. The zero-order chi connectivity index (χ0) is 13.6. The number of aryl methyl sites for hydroxylation is 1. The Kier molecular flexibility index (Phi) is 5.16. The lowest BCUT2D eigenvalue weighted by molar-refractivity contribution is 0.0285. The molecule has 0 atom stereocenters. The normalized spacial score (nSPS) is 12.6. The van der Waals surface area contributed by atoms with Crippen molar-refractivity contribution in [1.82, 2.24) is 0 Å². The summed E-state index contributed by atoms with van der Waals surface area (Å²) < 4.78 is 5.46. The van der Waals surface area contributed by atoms with E-state index in [1.807, 2.05) is 24.3 Å². The largest absolute Gasteiger partial charge is 0.491 e. The minimum atomic E-state index is -0.826. The minimum Gasteiger partial charge on any atom is -0.491 e. The van der Waals surface area contributed by atoms with Crippen LogP contribution in [0.25, 0.3) is 0 Å². The van der Waals surface area contributed by atoms with Crippen LogP contribution in [-0.4, -0.2) is 28.2 Å². The lowest BCUT2D eigenvalue weighted by atomic mass is 10.1. The van der Waals surface area contributed by atoms with E-state index in [4.69, 9.17) is 9.94 Å². The van der Waals surface area contributed by atoms with Gasteiger partial charge in [0.1, 0.15) is 12.4 Å². The predicted molar refractivity (Wildman–Crippen MR) is 71.5 cm³/mol. The predicted octanol–water partition coefficient (Wildman–Crippen LogP) is 2.62. The van der Waals surface area contributed by atoms with Crippen molar-refractivity contribution in [3.05, 3.63) is 29.8 Å². The van der Waals surface area contributed by atoms with Crippen molar-refractivity contribution < 1.29 is 15.1 Å². The maximum atomic E-state index is 9.54. The molecule has 0 radical (unpaired) electrons. The Morgan fingerprint density at radius 3 is 2.39 bits per heavy atom. The summed E-state index contributed by atoms with van der Waals surface area (Å²) in [5.74, 6) is 0.744. The smallest absolute Gasteiger partial charge is 0.119 e. The summed E-state index contributed by atoms with van der Waals surface area (Å²) in [6.45, 7) is 5.47. The highest BCUT2D eigenvalue weighted by Crippen LogP contribution is 2.15. The van der Waals surface area contributed by atoms with Crippen LogP contribution < -0.4 is 4.74 Å². The summed E-state index contributed by atoms with van der Waals surface area (Å²) in [5.41, 5.74) is 1.05. The van der Waals surface area contributed by atoms with Crippen LogP contribution in [0.1, 0.15) is 32.8 Å². The molecule has 0 fully saturated rings. The summed E-state index contributed by atoms with van der Waals surface area (Å²) >= 11 is 0. The fourth-order valence-electron chi connectivity index (χ4n) is 1.39. The number of benzene rings is 1. The van der Waals surface area contributed by atoms with Gasteiger partial charge >= 0.3 is 0 Å². The first-order valence-corrected chi connectivity index (χ1v) is 6.02. The zero-order valence-corrected chi connectivity index (χ0v) is 11.2. The molecule has 1 aromatic rings. The van der Waals surface area contributed by atoms with Crippen molar-refractivity contribution in [2.45, 2.75) is 39.2 Å². The second-order valence-corrected chi connectivity index (χ2v) is 5.08. The number of ether oxygens (including phenoxy) is 1. The number of aliphatic hydroxyl groups is 1. The van der Waals surface area contributed by atoms with E-state index < -0.39 is 5.60 Å². The van der Waals surface area contributed by atoms with E-state index in [0.717, 1.165) is 29.9 Å². The monoisotopic (exact) mass is 251 g/mol. The van der Waals surface area contributed by atoms with Crippen molar-refractivity contribution in [2.75, 3.05) is 6.61 Å². The molecule has 0 aliphatic heterocycles. The Balaban J connectivity index is 2.47. The number of nitrogens with zero attached hydrogens (tertiary/aromatic N) is 1. The number of oxime groups is 1. The van der Waals surface area contributed by atoms with E-state index in [2.05, 4.69) is 5.16 Å². The molecule has 0 saturated carbocycles. The molecule has 0 unspecified atom stereocenters. The molecule has 0 heterocycles. The standard InChI is InChI=1S/C14H21NO3/c1-11(15-17)4-5-12-6-8-13(9-7-12)18-10-14(2,3)16/h6-9,16-17H,4-5,10H2,1-3H3/b15-11+. The van der Waals surface area contributed by atoms with Gasteiger partial charge in [-0.3, -0.25) is 0 Å². The van der Waals surface area contributed by atoms with Crippen molar-refractivity contribution in [3.8, 4) is 5.75 Å². The number of hydrogen-bond acceptors (Lipinski definition) is 4. The van der Waals surface area contributed by atoms with E-state index in [1.54, 1.807) is 20.8 Å². The molecule has 0 aliphatic rings. The van der Waals surface area contributed by atoms with Gasteiger partial charge in [-0.15, -0.1) is 0 Å². The summed E-state index contributed by atoms with van der Waals surface area (Å²) in [6.07, 6.45) is 1.57. The molecule has 0 saturated heterocycles. The van der Waals surface area contributed by atoms with Crippen LogP contribution in [-0.2, 0) is 6.42 Å². The van der Waals surface area contributed by atoms with Gasteiger partial charge in [0.25, 0.3) is 0 Å². The molecule has 0 spiro atoms. The van der Waals surface area contributed by atoms with Gasteiger partial charge in [-0.2, -0.15) is 0 Å². The summed E-state index contributed by atoms with van der Waals surface area (Å²) in [5, 5.41) is 21.2. The summed E-state index contributed by atoms with van der Waals surface area (Å²) in [6, 6.07) is 7.72. The molecule has 2 N–H and O–H groups in total. The van der Waals surface area contributed by atoms with Crippen LogP contribution in [0.15, 0.2) is 29.4 Å². The molecular formula is C14H21NO3. The van der Waals surface area contributed by atoms with Crippen LogP contribution >= 0.6 is 0 Å². The van der Waals surface area contributed by atoms with Crippen LogP contribution in [0.2, 0.25) is 0 Å². The minimum absolute atomic E-state index is 0.266. The molecule has 18 heavy (non-hydrogen) atoms. The second kappa shape index (κ2) is 6.40. The van der Waals surface area contributed by atoms with Crippen LogP contribution in [0.5, 0.6) is 5.75 Å². The summed E-state index contributed by atoms with van der Waals surface area (Å²) in [4.78, 5) is 0. The molecule has 0 aliphatic carbocycles. The van der Waals surface area contributed by atoms with E-state index in [9.17, 15) is 5.11 Å². The molecule has 0 bridgehead atoms. The number of rotatable bonds is 6. The van der Waals surface area contributed by atoms with Crippen molar-refractivity contribution in [1.29, 1.82) is 0 Å². The van der Waals surface area contributed by atoms with E-state index in [0.29, 0.717) is 0 Å². The molecule has 100 valence electrons. The molecule has 1 aromatic carbocycles. The Hall–Kier alpha value is -1.55. The third-order valence-electron chi connectivity index (χ3n) is 2.46. The number of hydrogen-bond donors (Lipinski definition) is 2. The fourth-order valence-corrected chi connectivity index (χ4v) is 1.39. The van der Waals surface area contributed by atoms with Crippen molar-refractivity contribution >= 4 is 5.71 Å². The van der Waals surface area contributed by atoms with Crippen molar-refractivity contribution in [3.63, 3.8) is 0 Å². The maximum absolute atomic E-state index is 9.54. The van der Waals surface area contributed by atoms with Gasteiger partial charge < -0.3 is 15.1 Å². The molecule has 0 aromatic heterocycles. The van der Waals surface area contributed by atoms with Crippen LogP contribution in [0.4, 0.5) is 0 Å². The Bertz CT molecular complexity index is 390. The lowest BCUT2D eigenvalue weighted by Gasteiger charge is -2.17. The van der Waals surface area contributed by atoms with E-state index in [1.165, 1.54) is 0 Å². The lowest BCUT2D eigenvalue weighted by Crippen LogP contribution is -2.27. The van der Waals surface area contributed by atoms with Gasteiger partial charge in [-0.1, -0.05) is 17.3 Å². The summed E-state index contributed by atoms with van der Waals surface area (Å²) in [7, 11) is 0. The average molecular weight is 251 g/mol. The van der Waals surface area contributed by atoms with E-state index >= 15 is 0 Å². The first-order valence-electron chi connectivity index (χ1n) is 6.02. The molecule has 4 heteroatoms. The maximum Gasteiger partial charge on any atom is 0.119 e. The molecule has 1 rings (SSSR count). The van der Waals surface area contributed by atoms with Gasteiger partial charge in [0.15, 0.2) is 0 Å². The van der Waals surface area contributed by atoms with Gasteiger partial charge in [0.2, 0.25) is 0 Å². The Morgan fingerprint density at radius 2 is 1.89 bits per heavy atom. The third kappa shape index (κ3) is 5.68. The molecule has 0 amide bonds. The fraction of sp³-hybridized carbons (Fsp3) is 0.500. The second-order valence-electron chi connectivity index (χ2n) is 5.08. The van der Waals surface area contributed by atoms with Gasteiger partial charge in [-0.05, 0) is 51.3 Å². The Morgan fingerprint density at radius 1 is 1.28 bits per heavy atom. The highest BCUT2D eigenvalue weighted by molar-refractivity contribution is 5.81. The zero-order valence-electron chi connectivity index (χ0n) is 11.2. The third-order valence-corrected chi connectivity index (χ3v) is 2.46.